The van der Waals surface area contributed by atoms with Gasteiger partial charge in [-0.05, 0) is 44.5 Å². The van der Waals surface area contributed by atoms with E-state index in [4.69, 9.17) is 0 Å². The Kier molecular flexibility index (Phi) is 5.51. The maximum absolute atomic E-state index is 11.0. The first-order chi connectivity index (χ1) is 11.0. The summed E-state index contributed by atoms with van der Waals surface area (Å²) in [5, 5.41) is 9.34. The zero-order valence-corrected chi connectivity index (χ0v) is 14.0. The summed E-state index contributed by atoms with van der Waals surface area (Å²) < 4.78 is 0. The van der Waals surface area contributed by atoms with E-state index in [0.29, 0.717) is 11.9 Å². The summed E-state index contributed by atoms with van der Waals surface area (Å²) in [6, 6.07) is 9.72. The molecular weight excluding hydrogens is 290 g/mol. The second-order valence-electron chi connectivity index (χ2n) is 5.52. The molecule has 0 spiro atoms. The molecule has 0 saturated carbocycles. The lowest BCUT2D eigenvalue weighted by atomic mass is 10.2. The van der Waals surface area contributed by atoms with Crippen molar-refractivity contribution in [1.82, 2.24) is 9.97 Å². The van der Waals surface area contributed by atoms with Crippen molar-refractivity contribution in [3.63, 3.8) is 0 Å². The molecule has 1 unspecified atom stereocenters. The Morgan fingerprint density at radius 2 is 1.74 bits per heavy atom. The summed E-state index contributed by atoms with van der Waals surface area (Å²) in [5.74, 6) is 2.16. The number of hydrogen-bond acceptors (Lipinski definition) is 5. The number of nitrogens with one attached hydrogen (secondary N) is 3. The first-order valence-electron chi connectivity index (χ1n) is 7.73. The predicted octanol–water partition coefficient (Wildman–Crippen LogP) is 3.70. The lowest BCUT2D eigenvalue weighted by molar-refractivity contribution is -0.114. The standard InChI is InChI=1S/C17H23N5O/c1-5-11(2)18-16-10-17(20-12(3)19-16)22-15-8-6-14(7-9-15)21-13(4)23/h6-11H,5H2,1-4H3,(H,21,23)(H2,18,19,20,22). The van der Waals surface area contributed by atoms with Crippen LogP contribution in [0.2, 0.25) is 0 Å². The highest BCUT2D eigenvalue weighted by atomic mass is 16.1. The molecule has 6 heteroatoms. The molecule has 1 amide bonds. The predicted molar refractivity (Wildman–Crippen MR) is 94.2 cm³/mol. The maximum atomic E-state index is 11.0. The van der Waals surface area contributed by atoms with E-state index in [1.807, 2.05) is 37.3 Å². The Morgan fingerprint density at radius 3 is 2.35 bits per heavy atom. The van der Waals surface area contributed by atoms with Gasteiger partial charge in [-0.2, -0.15) is 0 Å². The average Bonchev–Trinajstić information content (AvgIpc) is 2.48. The first kappa shape index (κ1) is 16.7. The van der Waals surface area contributed by atoms with Crippen molar-refractivity contribution in [1.29, 1.82) is 0 Å². The monoisotopic (exact) mass is 313 g/mol. The minimum Gasteiger partial charge on any atom is -0.367 e. The number of carbonyl (C=O) groups excluding carboxylic acids is 1. The minimum atomic E-state index is -0.0853. The zero-order chi connectivity index (χ0) is 16.8. The van der Waals surface area contributed by atoms with E-state index in [9.17, 15) is 4.79 Å². The summed E-state index contributed by atoms with van der Waals surface area (Å²) in [6.07, 6.45) is 1.02. The summed E-state index contributed by atoms with van der Waals surface area (Å²) in [4.78, 5) is 19.8. The lowest BCUT2D eigenvalue weighted by Gasteiger charge is -2.14. The van der Waals surface area contributed by atoms with Crippen LogP contribution in [0, 0.1) is 6.92 Å². The van der Waals surface area contributed by atoms with Crippen LogP contribution in [0.4, 0.5) is 23.0 Å². The molecule has 2 aromatic rings. The number of hydrogen-bond donors (Lipinski definition) is 3. The molecule has 1 atom stereocenters. The minimum absolute atomic E-state index is 0.0853. The van der Waals surface area contributed by atoms with Crippen LogP contribution in [0.15, 0.2) is 30.3 Å². The van der Waals surface area contributed by atoms with Crippen LogP contribution >= 0.6 is 0 Å². The molecule has 0 aliphatic rings. The van der Waals surface area contributed by atoms with Crippen molar-refractivity contribution in [2.45, 2.75) is 40.2 Å². The molecule has 122 valence electrons. The number of aryl methyl sites for hydroxylation is 1. The van der Waals surface area contributed by atoms with E-state index in [-0.39, 0.29) is 5.91 Å². The number of amides is 1. The van der Waals surface area contributed by atoms with Crippen molar-refractivity contribution in [2.24, 2.45) is 0 Å². The van der Waals surface area contributed by atoms with E-state index < -0.39 is 0 Å². The highest BCUT2D eigenvalue weighted by Crippen LogP contribution is 2.20. The normalized spacial score (nSPS) is 11.7. The highest BCUT2D eigenvalue weighted by Gasteiger charge is 2.05. The molecule has 23 heavy (non-hydrogen) atoms. The third-order valence-corrected chi connectivity index (χ3v) is 3.32. The van der Waals surface area contributed by atoms with Gasteiger partial charge in [0.15, 0.2) is 0 Å². The smallest absolute Gasteiger partial charge is 0.221 e. The van der Waals surface area contributed by atoms with Crippen LogP contribution < -0.4 is 16.0 Å². The van der Waals surface area contributed by atoms with E-state index in [0.717, 1.165) is 29.4 Å². The van der Waals surface area contributed by atoms with Crippen LogP contribution in [-0.2, 0) is 4.79 Å². The Bertz CT molecular complexity index is 669. The summed E-state index contributed by atoms with van der Waals surface area (Å²) in [6.45, 7) is 7.60. The van der Waals surface area contributed by atoms with Crippen LogP contribution in [0.1, 0.15) is 33.0 Å². The van der Waals surface area contributed by atoms with Crippen LogP contribution in [0.5, 0.6) is 0 Å². The van der Waals surface area contributed by atoms with Crippen LogP contribution in [0.3, 0.4) is 0 Å². The topological polar surface area (TPSA) is 78.9 Å². The van der Waals surface area contributed by atoms with Crippen LogP contribution in [0.25, 0.3) is 0 Å². The Hall–Kier alpha value is -2.63. The fourth-order valence-corrected chi connectivity index (χ4v) is 2.05. The van der Waals surface area contributed by atoms with Crippen molar-refractivity contribution in [3.05, 3.63) is 36.2 Å². The highest BCUT2D eigenvalue weighted by molar-refractivity contribution is 5.88. The molecule has 1 aromatic heterocycles. The molecule has 1 heterocycles. The van der Waals surface area contributed by atoms with Gasteiger partial charge in [-0.15, -0.1) is 0 Å². The third-order valence-electron chi connectivity index (χ3n) is 3.32. The largest absolute Gasteiger partial charge is 0.367 e. The van der Waals surface area contributed by atoms with Gasteiger partial charge in [0.05, 0.1) is 0 Å². The number of nitrogens with zero attached hydrogens (tertiary/aromatic N) is 2. The van der Waals surface area contributed by atoms with Gasteiger partial charge in [-0.25, -0.2) is 9.97 Å². The maximum Gasteiger partial charge on any atom is 0.221 e. The summed E-state index contributed by atoms with van der Waals surface area (Å²) >= 11 is 0. The van der Waals surface area contributed by atoms with Crippen molar-refractivity contribution in [3.8, 4) is 0 Å². The summed E-state index contributed by atoms with van der Waals surface area (Å²) in [7, 11) is 0. The second kappa shape index (κ2) is 7.58. The van der Waals surface area contributed by atoms with Gasteiger partial charge in [-0.1, -0.05) is 6.92 Å². The van der Waals surface area contributed by atoms with Gasteiger partial charge in [0, 0.05) is 30.4 Å². The van der Waals surface area contributed by atoms with Gasteiger partial charge in [0.25, 0.3) is 0 Å². The molecule has 3 N–H and O–H groups in total. The molecular formula is C17H23N5O. The number of rotatable bonds is 6. The van der Waals surface area contributed by atoms with Gasteiger partial charge in [0.1, 0.15) is 17.5 Å². The summed E-state index contributed by atoms with van der Waals surface area (Å²) in [5.41, 5.74) is 1.66. The molecule has 1 aromatic carbocycles. The van der Waals surface area contributed by atoms with Gasteiger partial charge in [0.2, 0.25) is 5.91 Å². The molecule has 0 fully saturated rings. The van der Waals surface area contributed by atoms with Crippen molar-refractivity contribution >= 4 is 28.9 Å². The Labute approximate surface area is 136 Å². The quantitative estimate of drug-likeness (QED) is 0.758. The van der Waals surface area contributed by atoms with E-state index in [1.54, 1.807) is 0 Å². The molecule has 0 bridgehead atoms. The fraction of sp³-hybridized carbons (Fsp3) is 0.353. The van der Waals surface area contributed by atoms with Gasteiger partial charge >= 0.3 is 0 Å². The molecule has 0 aliphatic heterocycles. The Balaban J connectivity index is 2.11. The number of anilines is 4. The van der Waals surface area contributed by atoms with E-state index >= 15 is 0 Å². The van der Waals surface area contributed by atoms with E-state index in [1.165, 1.54) is 6.92 Å². The first-order valence-corrected chi connectivity index (χ1v) is 7.73. The van der Waals surface area contributed by atoms with Crippen LogP contribution in [-0.4, -0.2) is 21.9 Å². The number of aromatic nitrogens is 2. The zero-order valence-electron chi connectivity index (χ0n) is 14.0. The molecule has 0 radical (unpaired) electrons. The SMILES string of the molecule is CCC(C)Nc1cc(Nc2ccc(NC(C)=O)cc2)nc(C)n1. The van der Waals surface area contributed by atoms with Crippen molar-refractivity contribution < 1.29 is 4.79 Å². The average molecular weight is 313 g/mol. The van der Waals surface area contributed by atoms with E-state index in [2.05, 4.69) is 39.8 Å². The molecule has 6 nitrogen and oxygen atoms in total. The molecule has 0 aliphatic carbocycles. The van der Waals surface area contributed by atoms with Crippen molar-refractivity contribution in [2.75, 3.05) is 16.0 Å². The molecule has 2 rings (SSSR count). The fourth-order valence-electron chi connectivity index (χ4n) is 2.05. The Morgan fingerprint density at radius 1 is 1.13 bits per heavy atom. The van der Waals surface area contributed by atoms with Gasteiger partial charge < -0.3 is 16.0 Å². The number of benzene rings is 1. The van der Waals surface area contributed by atoms with Gasteiger partial charge in [-0.3, -0.25) is 4.79 Å². The third kappa shape index (κ3) is 5.25. The number of carbonyl (C=O) groups is 1. The molecule has 0 saturated heterocycles. The second-order valence-corrected chi connectivity index (χ2v) is 5.52. The lowest BCUT2D eigenvalue weighted by Crippen LogP contribution is -2.15.